The molecule has 5 nitrogen and oxygen atoms in total. The zero-order valence-corrected chi connectivity index (χ0v) is 8.66. The molecule has 0 aliphatic carbocycles. The summed E-state index contributed by atoms with van der Waals surface area (Å²) in [6, 6.07) is 8.08. The van der Waals surface area contributed by atoms with Gasteiger partial charge in [0, 0.05) is 6.20 Å². The zero-order valence-electron chi connectivity index (χ0n) is 8.66. The molecule has 0 fully saturated rings. The van der Waals surface area contributed by atoms with E-state index in [-0.39, 0.29) is 17.1 Å². The maximum absolute atomic E-state index is 9.79. The lowest BCUT2D eigenvalue weighted by Crippen LogP contribution is -1.82. The minimum atomic E-state index is -0.0625. The highest BCUT2D eigenvalue weighted by Crippen LogP contribution is 2.37. The van der Waals surface area contributed by atoms with Gasteiger partial charge >= 0.3 is 0 Å². The lowest BCUT2D eigenvalue weighted by atomic mass is 10.1. The summed E-state index contributed by atoms with van der Waals surface area (Å²) in [6.07, 6.45) is 1.62. The molecule has 84 valence electrons. The molecule has 0 saturated heterocycles. The van der Waals surface area contributed by atoms with Gasteiger partial charge < -0.3 is 14.7 Å². The third-order valence-electron chi connectivity index (χ3n) is 2.49. The van der Waals surface area contributed by atoms with E-state index in [0.29, 0.717) is 16.8 Å². The van der Waals surface area contributed by atoms with E-state index in [1.165, 1.54) is 12.1 Å². The van der Waals surface area contributed by atoms with Crippen LogP contribution in [0.25, 0.3) is 22.4 Å². The summed E-state index contributed by atoms with van der Waals surface area (Å²) in [7, 11) is 0. The Balaban J connectivity index is 2.36. The van der Waals surface area contributed by atoms with E-state index in [1.807, 2.05) is 6.07 Å². The second-order valence-corrected chi connectivity index (χ2v) is 3.55. The van der Waals surface area contributed by atoms with Crippen molar-refractivity contribution < 1.29 is 14.7 Å². The Labute approximate surface area is 95.9 Å². The number of pyridine rings is 1. The number of aromatic nitrogens is 2. The normalized spacial score (nSPS) is 10.8. The van der Waals surface area contributed by atoms with E-state index in [9.17, 15) is 10.2 Å². The molecule has 0 atom stereocenters. The number of aromatic hydroxyl groups is 2. The molecule has 0 saturated carbocycles. The predicted molar refractivity (Wildman–Crippen MR) is 60.6 cm³/mol. The third kappa shape index (κ3) is 1.40. The Morgan fingerprint density at radius 2 is 1.82 bits per heavy atom. The lowest BCUT2D eigenvalue weighted by molar-refractivity contribution is 0.422. The minimum Gasteiger partial charge on any atom is -0.507 e. The van der Waals surface area contributed by atoms with E-state index >= 15 is 0 Å². The highest BCUT2D eigenvalue weighted by atomic mass is 16.5. The molecule has 2 N–H and O–H groups in total. The van der Waals surface area contributed by atoms with Crippen LogP contribution >= 0.6 is 0 Å². The molecule has 0 aliphatic heterocycles. The summed E-state index contributed by atoms with van der Waals surface area (Å²) in [5.74, 6) is -0.0628. The minimum absolute atomic E-state index is 0.000275. The molecule has 2 aromatic heterocycles. The molecule has 0 spiro atoms. The van der Waals surface area contributed by atoms with E-state index in [2.05, 4.69) is 10.1 Å². The molecular formula is C12H8N2O3. The monoisotopic (exact) mass is 228 g/mol. The van der Waals surface area contributed by atoms with Gasteiger partial charge in [0.1, 0.15) is 11.4 Å². The van der Waals surface area contributed by atoms with E-state index < -0.39 is 0 Å². The Bertz CT molecular complexity index is 677. The first kappa shape index (κ1) is 9.65. The molecule has 0 bridgehead atoms. The van der Waals surface area contributed by atoms with E-state index in [4.69, 9.17) is 4.52 Å². The summed E-state index contributed by atoms with van der Waals surface area (Å²) in [4.78, 5) is 4.13. The lowest BCUT2D eigenvalue weighted by Gasteiger charge is -1.98. The second kappa shape index (κ2) is 3.48. The number of nitrogens with zero attached hydrogens (tertiary/aromatic N) is 2. The van der Waals surface area contributed by atoms with Crippen molar-refractivity contribution in [1.29, 1.82) is 0 Å². The smallest absolute Gasteiger partial charge is 0.212 e. The van der Waals surface area contributed by atoms with Crippen molar-refractivity contribution in [2.75, 3.05) is 0 Å². The molecule has 2 heterocycles. The Hall–Kier alpha value is -2.56. The van der Waals surface area contributed by atoms with Crippen molar-refractivity contribution in [2.45, 2.75) is 0 Å². The van der Waals surface area contributed by atoms with Gasteiger partial charge in [-0.25, -0.2) is 0 Å². The average Bonchev–Trinajstić information content (AvgIpc) is 2.81. The SMILES string of the molecule is Oc1ccc(O)c2c(-c3ccccn3)noc12. The number of benzene rings is 1. The van der Waals surface area contributed by atoms with Gasteiger partial charge in [-0.1, -0.05) is 11.2 Å². The van der Waals surface area contributed by atoms with E-state index in [1.54, 1.807) is 18.3 Å². The maximum atomic E-state index is 9.79. The van der Waals surface area contributed by atoms with Crippen molar-refractivity contribution in [2.24, 2.45) is 0 Å². The summed E-state index contributed by atoms with van der Waals surface area (Å²) in [5.41, 5.74) is 1.15. The molecule has 0 unspecified atom stereocenters. The van der Waals surface area contributed by atoms with Crippen molar-refractivity contribution >= 4 is 11.0 Å². The molecule has 0 aliphatic rings. The molecular weight excluding hydrogens is 220 g/mol. The number of phenols is 2. The van der Waals surface area contributed by atoms with Crippen molar-refractivity contribution in [1.82, 2.24) is 10.1 Å². The van der Waals surface area contributed by atoms with Crippen LogP contribution in [0.1, 0.15) is 0 Å². The Morgan fingerprint density at radius 1 is 1.00 bits per heavy atom. The van der Waals surface area contributed by atoms with Crippen molar-refractivity contribution in [3.8, 4) is 22.9 Å². The zero-order chi connectivity index (χ0) is 11.8. The number of phenolic OH excluding ortho intramolecular Hbond substituents is 2. The number of hydrogen-bond donors (Lipinski definition) is 2. The summed E-state index contributed by atoms with van der Waals surface area (Å²) >= 11 is 0. The maximum Gasteiger partial charge on any atom is 0.212 e. The van der Waals surface area contributed by atoms with Gasteiger partial charge in [0.05, 0.1) is 11.1 Å². The van der Waals surface area contributed by atoms with E-state index in [0.717, 1.165) is 0 Å². The van der Waals surface area contributed by atoms with Gasteiger partial charge in [-0.05, 0) is 24.3 Å². The highest BCUT2D eigenvalue weighted by Gasteiger charge is 2.17. The van der Waals surface area contributed by atoms with Crippen LogP contribution in [0.15, 0.2) is 41.1 Å². The van der Waals surface area contributed by atoms with Crippen LogP contribution in [0.3, 0.4) is 0 Å². The van der Waals surface area contributed by atoms with Crippen LogP contribution in [-0.2, 0) is 0 Å². The topological polar surface area (TPSA) is 79.4 Å². The summed E-state index contributed by atoms with van der Waals surface area (Å²) in [5, 5.41) is 23.6. The third-order valence-corrected chi connectivity index (χ3v) is 2.49. The first-order valence-corrected chi connectivity index (χ1v) is 4.99. The fraction of sp³-hybridized carbons (Fsp3) is 0. The van der Waals surface area contributed by atoms with Crippen LogP contribution in [-0.4, -0.2) is 20.4 Å². The van der Waals surface area contributed by atoms with Crippen LogP contribution in [0.4, 0.5) is 0 Å². The fourth-order valence-corrected chi connectivity index (χ4v) is 1.70. The molecule has 5 heteroatoms. The summed E-state index contributed by atoms with van der Waals surface area (Å²) in [6.45, 7) is 0. The highest BCUT2D eigenvalue weighted by molar-refractivity contribution is 5.98. The standard InChI is InChI=1S/C12H8N2O3/c15-8-4-5-9(16)12-10(8)11(14-17-12)7-3-1-2-6-13-7/h1-6,15-16H. The van der Waals surface area contributed by atoms with Gasteiger partial charge in [-0.3, -0.25) is 4.98 Å². The van der Waals surface area contributed by atoms with Crippen LogP contribution < -0.4 is 0 Å². The quantitative estimate of drug-likeness (QED) is 0.625. The Kier molecular flexibility index (Phi) is 1.98. The van der Waals surface area contributed by atoms with Crippen LogP contribution in [0, 0.1) is 0 Å². The molecule has 3 rings (SSSR count). The number of rotatable bonds is 1. The second-order valence-electron chi connectivity index (χ2n) is 3.55. The predicted octanol–water partition coefficient (Wildman–Crippen LogP) is 2.30. The van der Waals surface area contributed by atoms with Gasteiger partial charge in [-0.2, -0.15) is 0 Å². The van der Waals surface area contributed by atoms with Crippen LogP contribution in [0.5, 0.6) is 11.5 Å². The van der Waals surface area contributed by atoms with Gasteiger partial charge in [0.2, 0.25) is 5.58 Å². The van der Waals surface area contributed by atoms with Gasteiger partial charge in [0.15, 0.2) is 5.75 Å². The Morgan fingerprint density at radius 3 is 2.59 bits per heavy atom. The van der Waals surface area contributed by atoms with Crippen LogP contribution in [0.2, 0.25) is 0 Å². The summed E-state index contributed by atoms with van der Waals surface area (Å²) < 4.78 is 5.02. The molecule has 0 amide bonds. The molecule has 17 heavy (non-hydrogen) atoms. The fourth-order valence-electron chi connectivity index (χ4n) is 1.70. The van der Waals surface area contributed by atoms with Gasteiger partial charge in [0.25, 0.3) is 0 Å². The molecule has 3 aromatic rings. The number of fused-ring (bicyclic) bond motifs is 1. The number of hydrogen-bond acceptors (Lipinski definition) is 5. The average molecular weight is 228 g/mol. The first-order chi connectivity index (χ1) is 8.27. The van der Waals surface area contributed by atoms with Crippen molar-refractivity contribution in [3.05, 3.63) is 36.5 Å². The van der Waals surface area contributed by atoms with Gasteiger partial charge in [-0.15, -0.1) is 0 Å². The largest absolute Gasteiger partial charge is 0.507 e. The first-order valence-electron chi connectivity index (χ1n) is 4.99. The molecule has 0 radical (unpaired) electrons. The molecule has 1 aromatic carbocycles. The van der Waals surface area contributed by atoms with Crippen molar-refractivity contribution in [3.63, 3.8) is 0 Å².